The van der Waals surface area contributed by atoms with Crippen molar-refractivity contribution in [2.45, 2.75) is 105 Å². The van der Waals surface area contributed by atoms with E-state index in [9.17, 15) is 0 Å². The smallest absolute Gasteiger partial charge is 0.0892 e. The summed E-state index contributed by atoms with van der Waals surface area (Å²) in [5.41, 5.74) is 17.2. The summed E-state index contributed by atoms with van der Waals surface area (Å²) in [6, 6.07) is 41.8. The number of thiophene rings is 4. The van der Waals surface area contributed by atoms with Gasteiger partial charge in [-0.3, -0.25) is 9.97 Å². The maximum atomic E-state index is 4.91. The molecule has 8 heteroatoms. The highest BCUT2D eigenvalue weighted by Crippen LogP contribution is 2.47. The topological polar surface area (TPSA) is 35.6 Å². The van der Waals surface area contributed by atoms with Gasteiger partial charge in [0.05, 0.1) is 54.2 Å². The molecular weight excluding hydrogens is 929 g/mol. The summed E-state index contributed by atoms with van der Waals surface area (Å²) >= 11 is 7.39. The molecule has 0 radical (unpaired) electrons. The van der Waals surface area contributed by atoms with Crippen LogP contribution in [0.15, 0.2) is 132 Å². The zero-order valence-electron chi connectivity index (χ0n) is 42.1. The molecule has 0 atom stereocenters. The van der Waals surface area contributed by atoms with Crippen LogP contribution >= 0.6 is 45.3 Å². The molecule has 0 spiro atoms. The van der Waals surface area contributed by atoms with Crippen molar-refractivity contribution in [1.29, 1.82) is 0 Å². The van der Waals surface area contributed by atoms with Gasteiger partial charge in [-0.15, -0.1) is 45.3 Å². The molecular formula is C62H58N4S4. The fraction of sp³-hybridized carbons (Fsp3) is 0.258. The SMILES string of the molecule is CC(C)(C)c1ccc2c(c1)c1cc(C(C)(C)C)ccc1n2-c1csc2cc(-c3ccnc(-c4cc(-c5cc6scc(-n7c8ccc(C(C)(C)C)cc8c8cc(C(C)(C)C)ccc87)c6s5)ccn4)c3)sc12. The van der Waals surface area contributed by atoms with E-state index in [1.165, 1.54) is 106 Å². The first-order valence-electron chi connectivity index (χ1n) is 24.3. The number of aromatic nitrogens is 4. The molecule has 0 aliphatic rings. The Kier molecular flexibility index (Phi) is 10.2. The van der Waals surface area contributed by atoms with Crippen LogP contribution in [0.25, 0.3) is 106 Å². The van der Waals surface area contributed by atoms with Gasteiger partial charge in [0.1, 0.15) is 0 Å². The fourth-order valence-corrected chi connectivity index (χ4v) is 14.8. The van der Waals surface area contributed by atoms with Crippen LogP contribution in [0, 0.1) is 0 Å². The van der Waals surface area contributed by atoms with E-state index in [0.717, 1.165) is 22.5 Å². The average Bonchev–Trinajstić information content (AvgIpc) is 4.17. The molecule has 0 N–H and O–H groups in total. The van der Waals surface area contributed by atoms with Crippen molar-refractivity contribution >= 4 is 108 Å². The van der Waals surface area contributed by atoms with Crippen LogP contribution in [-0.4, -0.2) is 19.1 Å². The van der Waals surface area contributed by atoms with Gasteiger partial charge < -0.3 is 9.13 Å². The van der Waals surface area contributed by atoms with Crippen molar-refractivity contribution < 1.29 is 0 Å². The van der Waals surface area contributed by atoms with Gasteiger partial charge in [0.25, 0.3) is 0 Å². The zero-order chi connectivity index (χ0) is 48.8. The van der Waals surface area contributed by atoms with Crippen LogP contribution in [0.1, 0.15) is 105 Å². The highest BCUT2D eigenvalue weighted by molar-refractivity contribution is 7.30. The largest absolute Gasteiger partial charge is 0.307 e. The lowest BCUT2D eigenvalue weighted by molar-refractivity contribution is 0.590. The molecule has 0 aliphatic carbocycles. The second-order valence-corrected chi connectivity index (χ2v) is 27.2. The Balaban J connectivity index is 0.904. The summed E-state index contributed by atoms with van der Waals surface area (Å²) in [6.45, 7) is 27.7. The Morgan fingerprint density at radius 2 is 0.686 bits per heavy atom. The van der Waals surface area contributed by atoms with Crippen molar-refractivity contribution in [2.75, 3.05) is 0 Å². The Morgan fingerprint density at radius 1 is 0.371 bits per heavy atom. The molecule has 0 unspecified atom stereocenters. The van der Waals surface area contributed by atoms with Crippen LogP contribution in [0.2, 0.25) is 0 Å². The molecule has 0 aliphatic heterocycles. The minimum Gasteiger partial charge on any atom is -0.307 e. The van der Waals surface area contributed by atoms with Crippen molar-refractivity contribution in [3.05, 3.63) is 155 Å². The summed E-state index contributed by atoms with van der Waals surface area (Å²) < 4.78 is 10.2. The molecule has 8 heterocycles. The van der Waals surface area contributed by atoms with Gasteiger partial charge in [0.2, 0.25) is 0 Å². The third kappa shape index (κ3) is 7.48. The van der Waals surface area contributed by atoms with Gasteiger partial charge in [-0.2, -0.15) is 0 Å². The Hall–Kier alpha value is -5.90. The Morgan fingerprint density at radius 3 is 0.986 bits per heavy atom. The standard InChI is InChI=1S/C62H58N4S4/c1-59(2,3)37-13-17-47-41(27-37)42-28-38(60(4,5)6)14-18-48(42)65(47)51-33-67-55-31-53(69-57(51)55)35-21-23-63-45(25-35)46-26-36(22-24-64-46)54-32-56-58(70-54)52(34-68-56)66-49-19-15-39(61(7,8)9)29-43(49)44-30-40(62(10,11)12)16-20-50(44)66/h13-34H,1-12H3. The summed E-state index contributed by atoms with van der Waals surface area (Å²) in [7, 11) is 0. The van der Waals surface area contributed by atoms with E-state index >= 15 is 0 Å². The zero-order valence-corrected chi connectivity index (χ0v) is 45.4. The quantitative estimate of drug-likeness (QED) is 0.172. The predicted molar refractivity (Wildman–Crippen MR) is 308 cm³/mol. The van der Waals surface area contributed by atoms with Gasteiger partial charge in [0, 0.05) is 63.9 Å². The van der Waals surface area contributed by atoms with E-state index in [4.69, 9.17) is 9.97 Å². The molecule has 12 rings (SSSR count). The minimum absolute atomic E-state index is 0.0532. The Labute approximate surface area is 426 Å². The first-order chi connectivity index (χ1) is 33.2. The molecule has 70 heavy (non-hydrogen) atoms. The van der Waals surface area contributed by atoms with E-state index < -0.39 is 0 Å². The summed E-state index contributed by atoms with van der Waals surface area (Å²) in [5, 5.41) is 9.95. The number of pyridine rings is 2. The average molecular weight is 987 g/mol. The first-order valence-corrected chi connectivity index (χ1v) is 27.7. The second kappa shape index (κ2) is 15.8. The summed E-state index contributed by atoms with van der Waals surface area (Å²) in [4.78, 5) is 12.3. The van der Waals surface area contributed by atoms with Gasteiger partial charge in [0.15, 0.2) is 0 Å². The van der Waals surface area contributed by atoms with Gasteiger partial charge >= 0.3 is 0 Å². The van der Waals surface area contributed by atoms with E-state index in [-0.39, 0.29) is 21.7 Å². The van der Waals surface area contributed by atoms with Crippen molar-refractivity contribution in [3.8, 4) is 43.6 Å². The first kappa shape index (κ1) is 45.3. The van der Waals surface area contributed by atoms with Crippen molar-refractivity contribution in [3.63, 3.8) is 0 Å². The van der Waals surface area contributed by atoms with Gasteiger partial charge in [-0.05, 0) is 140 Å². The second-order valence-electron chi connectivity index (χ2n) is 23.3. The molecule has 0 bridgehead atoms. The number of fused-ring (bicyclic) bond motifs is 8. The summed E-state index contributed by atoms with van der Waals surface area (Å²) in [5.74, 6) is 0. The Bertz CT molecular complexity index is 3650. The van der Waals surface area contributed by atoms with Gasteiger partial charge in [-0.25, -0.2) is 0 Å². The maximum Gasteiger partial charge on any atom is 0.0892 e. The molecule has 0 saturated heterocycles. The molecule has 8 aromatic heterocycles. The van der Waals surface area contributed by atoms with Crippen LogP contribution in [0.4, 0.5) is 0 Å². The molecule has 12 aromatic rings. The van der Waals surface area contributed by atoms with E-state index in [1.54, 1.807) is 0 Å². The predicted octanol–water partition coefficient (Wildman–Crippen LogP) is 19.4. The highest BCUT2D eigenvalue weighted by atomic mass is 32.1. The maximum absolute atomic E-state index is 4.91. The number of nitrogens with zero attached hydrogens (tertiary/aromatic N) is 4. The monoisotopic (exact) mass is 986 g/mol. The normalized spacial score (nSPS) is 13.1. The third-order valence-corrected chi connectivity index (χ3v) is 18.8. The number of hydrogen-bond donors (Lipinski definition) is 0. The molecule has 4 nitrogen and oxygen atoms in total. The van der Waals surface area contributed by atoms with E-state index in [1.807, 2.05) is 57.7 Å². The van der Waals surface area contributed by atoms with E-state index in [0.29, 0.717) is 0 Å². The number of rotatable bonds is 5. The van der Waals surface area contributed by atoms with Crippen LogP contribution in [-0.2, 0) is 21.7 Å². The van der Waals surface area contributed by atoms with Gasteiger partial charge in [-0.1, -0.05) is 107 Å². The number of benzene rings is 4. The van der Waals surface area contributed by atoms with Crippen molar-refractivity contribution in [2.24, 2.45) is 0 Å². The van der Waals surface area contributed by atoms with Crippen LogP contribution in [0.3, 0.4) is 0 Å². The molecule has 0 amide bonds. The molecule has 0 saturated carbocycles. The minimum atomic E-state index is 0.0532. The summed E-state index contributed by atoms with van der Waals surface area (Å²) in [6.07, 6.45) is 3.88. The molecule has 4 aromatic carbocycles. The van der Waals surface area contributed by atoms with Crippen LogP contribution in [0.5, 0.6) is 0 Å². The third-order valence-electron chi connectivity index (χ3n) is 14.3. The lowest BCUT2D eigenvalue weighted by Crippen LogP contribution is -2.10. The highest BCUT2D eigenvalue weighted by Gasteiger charge is 2.25. The molecule has 350 valence electrons. The van der Waals surface area contributed by atoms with E-state index in [2.05, 4.69) is 212 Å². The lowest BCUT2D eigenvalue weighted by atomic mass is 9.85. The lowest BCUT2D eigenvalue weighted by Gasteiger charge is -2.19. The van der Waals surface area contributed by atoms with Crippen LogP contribution < -0.4 is 0 Å². The molecule has 0 fully saturated rings. The fourth-order valence-electron chi connectivity index (χ4n) is 10.1. The number of hydrogen-bond acceptors (Lipinski definition) is 6. The van der Waals surface area contributed by atoms with Crippen molar-refractivity contribution in [1.82, 2.24) is 19.1 Å².